The van der Waals surface area contributed by atoms with E-state index < -0.39 is 0 Å². The van der Waals surface area contributed by atoms with Crippen LogP contribution in [0.4, 0.5) is 0 Å². The van der Waals surface area contributed by atoms with Crippen molar-refractivity contribution in [1.29, 1.82) is 0 Å². The van der Waals surface area contributed by atoms with Crippen molar-refractivity contribution in [2.75, 3.05) is 7.11 Å². The molecular formula is C16H13NO2. The van der Waals surface area contributed by atoms with Crippen LogP contribution >= 0.6 is 0 Å². The fourth-order valence-electron chi connectivity index (χ4n) is 2.28. The van der Waals surface area contributed by atoms with Gasteiger partial charge in [0.2, 0.25) is 0 Å². The van der Waals surface area contributed by atoms with E-state index >= 15 is 0 Å². The summed E-state index contributed by atoms with van der Waals surface area (Å²) in [4.78, 5) is 11.8. The molecule has 0 saturated heterocycles. The van der Waals surface area contributed by atoms with Gasteiger partial charge in [-0.1, -0.05) is 36.4 Å². The first-order valence-corrected chi connectivity index (χ1v) is 6.05. The van der Waals surface area contributed by atoms with E-state index in [0.29, 0.717) is 5.69 Å². The quantitative estimate of drug-likeness (QED) is 0.653. The molecule has 1 aromatic heterocycles. The van der Waals surface area contributed by atoms with Crippen LogP contribution < -0.4 is 0 Å². The number of carbonyl (C=O) groups excluding carboxylic acids is 1. The van der Waals surface area contributed by atoms with Crippen LogP contribution in [0.3, 0.4) is 0 Å². The average Bonchev–Trinajstić information content (AvgIpc) is 2.95. The second-order valence-corrected chi connectivity index (χ2v) is 4.25. The Morgan fingerprint density at radius 3 is 2.63 bits per heavy atom. The number of hydrogen-bond acceptors (Lipinski definition) is 2. The van der Waals surface area contributed by atoms with Gasteiger partial charge in [0, 0.05) is 11.6 Å². The molecule has 3 heteroatoms. The maximum Gasteiger partial charge on any atom is 0.355 e. The fraction of sp³-hybridized carbons (Fsp3) is 0.0625. The molecule has 3 nitrogen and oxygen atoms in total. The van der Waals surface area contributed by atoms with Crippen molar-refractivity contribution < 1.29 is 9.53 Å². The van der Waals surface area contributed by atoms with E-state index in [1.165, 1.54) is 7.11 Å². The van der Waals surface area contributed by atoms with Crippen LogP contribution in [0.1, 0.15) is 10.5 Å². The molecule has 0 saturated carbocycles. The van der Waals surface area contributed by atoms with Gasteiger partial charge in [0.25, 0.3) is 0 Å². The molecule has 0 N–H and O–H groups in total. The number of benzene rings is 2. The van der Waals surface area contributed by atoms with Crippen LogP contribution in [0.2, 0.25) is 0 Å². The van der Waals surface area contributed by atoms with Gasteiger partial charge >= 0.3 is 5.97 Å². The van der Waals surface area contributed by atoms with Crippen molar-refractivity contribution in [2.24, 2.45) is 0 Å². The molecule has 3 aromatic rings. The van der Waals surface area contributed by atoms with Gasteiger partial charge in [-0.2, -0.15) is 0 Å². The second kappa shape index (κ2) is 4.61. The third-order valence-electron chi connectivity index (χ3n) is 3.17. The van der Waals surface area contributed by atoms with E-state index in [4.69, 9.17) is 4.74 Å². The normalized spacial score (nSPS) is 10.6. The summed E-state index contributed by atoms with van der Waals surface area (Å²) in [5, 5.41) is 2.25. The van der Waals surface area contributed by atoms with E-state index in [0.717, 1.165) is 16.5 Å². The molecule has 0 fully saturated rings. The number of methoxy groups -OCH3 is 1. The molecule has 0 atom stereocenters. The summed E-state index contributed by atoms with van der Waals surface area (Å²) >= 11 is 0. The van der Waals surface area contributed by atoms with Crippen LogP contribution in [0.15, 0.2) is 60.8 Å². The topological polar surface area (TPSA) is 31.2 Å². The average molecular weight is 251 g/mol. The van der Waals surface area contributed by atoms with Gasteiger partial charge < -0.3 is 9.30 Å². The van der Waals surface area contributed by atoms with Crippen molar-refractivity contribution in [3.63, 3.8) is 0 Å². The Morgan fingerprint density at radius 1 is 1.00 bits per heavy atom. The van der Waals surface area contributed by atoms with Gasteiger partial charge in [0.15, 0.2) is 0 Å². The maximum atomic E-state index is 11.8. The first kappa shape index (κ1) is 11.5. The molecule has 0 aliphatic rings. The summed E-state index contributed by atoms with van der Waals surface area (Å²) in [6.07, 6.45) is 1.87. The zero-order valence-electron chi connectivity index (χ0n) is 10.5. The summed E-state index contributed by atoms with van der Waals surface area (Å²) in [5.41, 5.74) is 1.50. The minimum atomic E-state index is -0.335. The number of esters is 1. The van der Waals surface area contributed by atoms with Gasteiger partial charge in [0.1, 0.15) is 5.69 Å². The molecular weight excluding hydrogens is 238 g/mol. The Balaban J connectivity index is 2.26. The highest BCUT2D eigenvalue weighted by molar-refractivity contribution is 5.93. The van der Waals surface area contributed by atoms with E-state index in [1.54, 1.807) is 6.07 Å². The summed E-state index contributed by atoms with van der Waals surface area (Å²) < 4.78 is 6.66. The summed E-state index contributed by atoms with van der Waals surface area (Å²) in [5.74, 6) is -0.335. The Morgan fingerprint density at radius 2 is 1.79 bits per heavy atom. The van der Waals surface area contributed by atoms with Crippen LogP contribution in [-0.2, 0) is 4.74 Å². The molecule has 0 amide bonds. The highest BCUT2D eigenvalue weighted by Crippen LogP contribution is 2.23. The Kier molecular flexibility index (Phi) is 2.80. The second-order valence-electron chi connectivity index (χ2n) is 4.25. The Bertz CT molecular complexity index is 738. The molecule has 1 heterocycles. The number of aromatic nitrogens is 1. The summed E-state index contributed by atoms with van der Waals surface area (Å²) in [7, 11) is 1.39. The van der Waals surface area contributed by atoms with Gasteiger partial charge in [-0.25, -0.2) is 4.79 Å². The minimum Gasteiger partial charge on any atom is -0.464 e. The molecule has 0 radical (unpaired) electrons. The largest absolute Gasteiger partial charge is 0.464 e. The van der Waals surface area contributed by atoms with Crippen molar-refractivity contribution >= 4 is 16.7 Å². The van der Waals surface area contributed by atoms with Crippen LogP contribution in [-0.4, -0.2) is 17.6 Å². The van der Waals surface area contributed by atoms with Crippen molar-refractivity contribution in [3.05, 3.63) is 66.5 Å². The smallest absolute Gasteiger partial charge is 0.355 e. The molecule has 3 rings (SSSR count). The van der Waals surface area contributed by atoms with E-state index in [2.05, 4.69) is 12.1 Å². The van der Waals surface area contributed by atoms with E-state index in [1.807, 2.05) is 47.2 Å². The molecule has 0 unspecified atom stereocenters. The first-order chi connectivity index (χ1) is 9.31. The molecule has 0 bridgehead atoms. The molecule has 0 spiro atoms. The van der Waals surface area contributed by atoms with Gasteiger partial charge in [-0.05, 0) is 23.6 Å². The zero-order valence-corrected chi connectivity index (χ0v) is 10.5. The Hall–Kier alpha value is -2.55. The molecule has 2 aromatic carbocycles. The van der Waals surface area contributed by atoms with Crippen molar-refractivity contribution in [2.45, 2.75) is 0 Å². The SMILES string of the molecule is COC(=O)c1cccn1-c1cccc2ccccc12. The van der Waals surface area contributed by atoms with Crippen molar-refractivity contribution in [3.8, 4) is 5.69 Å². The van der Waals surface area contributed by atoms with Crippen molar-refractivity contribution in [1.82, 2.24) is 4.57 Å². The fourth-order valence-corrected chi connectivity index (χ4v) is 2.28. The lowest BCUT2D eigenvalue weighted by atomic mass is 10.1. The third kappa shape index (κ3) is 1.89. The van der Waals surface area contributed by atoms with Crippen LogP contribution in [0, 0.1) is 0 Å². The number of carbonyl (C=O) groups is 1. The highest BCUT2D eigenvalue weighted by Gasteiger charge is 2.13. The first-order valence-electron chi connectivity index (χ1n) is 6.05. The standard InChI is InChI=1S/C16H13NO2/c1-19-16(18)15-10-5-11-17(15)14-9-4-7-12-6-2-3-8-13(12)14/h2-11H,1H3. The van der Waals surface area contributed by atoms with E-state index in [9.17, 15) is 4.79 Å². The van der Waals surface area contributed by atoms with Crippen LogP contribution in [0.5, 0.6) is 0 Å². The molecule has 19 heavy (non-hydrogen) atoms. The lowest BCUT2D eigenvalue weighted by Crippen LogP contribution is -2.08. The number of ether oxygens (including phenoxy) is 1. The number of fused-ring (bicyclic) bond motifs is 1. The lowest BCUT2D eigenvalue weighted by Gasteiger charge is -2.11. The third-order valence-corrected chi connectivity index (χ3v) is 3.17. The molecule has 94 valence electrons. The predicted octanol–water partition coefficient (Wildman–Crippen LogP) is 3.42. The zero-order chi connectivity index (χ0) is 13.2. The van der Waals surface area contributed by atoms with E-state index in [-0.39, 0.29) is 5.97 Å². The Labute approximate surface area is 111 Å². The maximum absolute atomic E-state index is 11.8. The highest BCUT2D eigenvalue weighted by atomic mass is 16.5. The predicted molar refractivity (Wildman–Crippen MR) is 74.6 cm³/mol. The summed E-state index contributed by atoms with van der Waals surface area (Å²) in [6, 6.07) is 17.7. The van der Waals surface area contributed by atoms with Gasteiger partial charge in [-0.3, -0.25) is 0 Å². The minimum absolute atomic E-state index is 0.335. The van der Waals surface area contributed by atoms with Gasteiger partial charge in [0.05, 0.1) is 12.8 Å². The lowest BCUT2D eigenvalue weighted by molar-refractivity contribution is 0.0592. The number of hydrogen-bond donors (Lipinski definition) is 0. The number of rotatable bonds is 2. The summed E-state index contributed by atoms with van der Waals surface area (Å²) in [6.45, 7) is 0. The monoisotopic (exact) mass is 251 g/mol. The van der Waals surface area contributed by atoms with Crippen LogP contribution in [0.25, 0.3) is 16.5 Å². The molecule has 0 aliphatic carbocycles. The molecule has 0 aliphatic heterocycles. The van der Waals surface area contributed by atoms with Gasteiger partial charge in [-0.15, -0.1) is 0 Å². The number of nitrogens with zero attached hydrogens (tertiary/aromatic N) is 1.